The smallest absolute Gasteiger partial charge is 0.303 e. The Balaban J connectivity index is 3.08. The van der Waals surface area contributed by atoms with Crippen LogP contribution >= 0.6 is 0 Å². The number of nitrogens with zero attached hydrogens (tertiary/aromatic N) is 1. The van der Waals surface area contributed by atoms with Crippen LogP contribution in [0.2, 0.25) is 0 Å². The highest BCUT2D eigenvalue weighted by molar-refractivity contribution is 5.66. The fraction of sp³-hybridized carbons (Fsp3) is 0.533. The molecule has 19 heavy (non-hydrogen) atoms. The lowest BCUT2D eigenvalue weighted by Gasteiger charge is -2.26. The van der Waals surface area contributed by atoms with Gasteiger partial charge in [0.05, 0.1) is 7.11 Å². The van der Waals surface area contributed by atoms with Gasteiger partial charge < -0.3 is 14.7 Å². The molecule has 0 heterocycles. The molecular formula is C15H23NO3. The number of aliphatic carboxylic acids is 1. The molecule has 1 unspecified atom stereocenters. The van der Waals surface area contributed by atoms with Crippen molar-refractivity contribution in [3.8, 4) is 5.75 Å². The third-order valence-electron chi connectivity index (χ3n) is 3.40. The summed E-state index contributed by atoms with van der Waals surface area (Å²) < 4.78 is 5.31. The lowest BCUT2D eigenvalue weighted by molar-refractivity contribution is -0.137. The standard InChI is InChI=1S/C15H23NO3/c1-10-9-14(19-5)11(2)8-12(10)13(16(3)4)6-7-15(17)18/h8-9,13H,6-7H2,1-5H3,(H,17,18). The first kappa shape index (κ1) is 15.5. The van der Waals surface area contributed by atoms with Crippen molar-refractivity contribution in [1.29, 1.82) is 0 Å². The summed E-state index contributed by atoms with van der Waals surface area (Å²) in [5.41, 5.74) is 3.38. The molecule has 0 fully saturated rings. The van der Waals surface area contributed by atoms with E-state index in [0.717, 1.165) is 16.9 Å². The van der Waals surface area contributed by atoms with Crippen molar-refractivity contribution in [2.45, 2.75) is 32.7 Å². The van der Waals surface area contributed by atoms with E-state index in [2.05, 4.69) is 11.0 Å². The fourth-order valence-corrected chi connectivity index (χ4v) is 2.34. The third-order valence-corrected chi connectivity index (χ3v) is 3.40. The van der Waals surface area contributed by atoms with Crippen molar-refractivity contribution >= 4 is 5.97 Å². The van der Waals surface area contributed by atoms with E-state index in [1.54, 1.807) is 7.11 Å². The van der Waals surface area contributed by atoms with Crippen LogP contribution in [0, 0.1) is 13.8 Å². The molecular weight excluding hydrogens is 242 g/mol. The van der Waals surface area contributed by atoms with E-state index in [9.17, 15) is 4.79 Å². The molecule has 0 radical (unpaired) electrons. The molecule has 0 spiro atoms. The Morgan fingerprint density at radius 3 is 2.42 bits per heavy atom. The summed E-state index contributed by atoms with van der Waals surface area (Å²) in [7, 11) is 5.62. The molecule has 1 N–H and O–H groups in total. The van der Waals surface area contributed by atoms with Gasteiger partial charge in [0.1, 0.15) is 5.75 Å². The Morgan fingerprint density at radius 1 is 1.32 bits per heavy atom. The molecule has 0 aromatic heterocycles. The lowest BCUT2D eigenvalue weighted by Crippen LogP contribution is -2.22. The number of aryl methyl sites for hydroxylation is 2. The monoisotopic (exact) mass is 265 g/mol. The highest BCUT2D eigenvalue weighted by Gasteiger charge is 2.18. The van der Waals surface area contributed by atoms with Crippen LogP contribution in [0.3, 0.4) is 0 Å². The van der Waals surface area contributed by atoms with Gasteiger partial charge in [-0.3, -0.25) is 4.79 Å². The van der Waals surface area contributed by atoms with Gasteiger partial charge in [-0.25, -0.2) is 0 Å². The Bertz CT molecular complexity index is 455. The summed E-state index contributed by atoms with van der Waals surface area (Å²) in [6, 6.07) is 4.23. The molecule has 0 aliphatic carbocycles. The highest BCUT2D eigenvalue weighted by Crippen LogP contribution is 2.31. The zero-order valence-electron chi connectivity index (χ0n) is 12.4. The van der Waals surface area contributed by atoms with Crippen LogP contribution in [0.15, 0.2) is 12.1 Å². The zero-order valence-corrected chi connectivity index (χ0v) is 12.4. The van der Waals surface area contributed by atoms with Crippen LogP contribution in [-0.4, -0.2) is 37.2 Å². The van der Waals surface area contributed by atoms with Gasteiger partial charge in [0.15, 0.2) is 0 Å². The molecule has 0 bridgehead atoms. The predicted octanol–water partition coefficient (Wildman–Crippen LogP) is 2.78. The van der Waals surface area contributed by atoms with Crippen LogP contribution in [0.25, 0.3) is 0 Å². The van der Waals surface area contributed by atoms with Crippen LogP contribution < -0.4 is 4.74 Å². The third kappa shape index (κ3) is 3.96. The largest absolute Gasteiger partial charge is 0.496 e. The van der Waals surface area contributed by atoms with E-state index < -0.39 is 5.97 Å². The van der Waals surface area contributed by atoms with Crippen LogP contribution in [0.1, 0.15) is 35.6 Å². The molecule has 1 aromatic carbocycles. The van der Waals surface area contributed by atoms with Crippen molar-refractivity contribution < 1.29 is 14.6 Å². The van der Waals surface area contributed by atoms with E-state index in [-0.39, 0.29) is 12.5 Å². The van der Waals surface area contributed by atoms with Gasteiger partial charge in [-0.1, -0.05) is 6.07 Å². The van der Waals surface area contributed by atoms with Gasteiger partial charge in [-0.2, -0.15) is 0 Å². The number of carboxylic acids is 1. The molecule has 4 heteroatoms. The number of hydrogen-bond donors (Lipinski definition) is 1. The zero-order chi connectivity index (χ0) is 14.6. The van der Waals surface area contributed by atoms with Gasteiger partial charge in [0, 0.05) is 12.5 Å². The molecule has 0 saturated carbocycles. The molecule has 0 aliphatic rings. The normalized spacial score (nSPS) is 12.5. The molecule has 1 aromatic rings. The average Bonchev–Trinajstić information content (AvgIpc) is 2.32. The van der Waals surface area contributed by atoms with Gasteiger partial charge >= 0.3 is 5.97 Å². The quantitative estimate of drug-likeness (QED) is 0.859. The Morgan fingerprint density at radius 2 is 1.95 bits per heavy atom. The minimum atomic E-state index is -0.755. The van der Waals surface area contributed by atoms with Gasteiger partial charge in [-0.15, -0.1) is 0 Å². The summed E-state index contributed by atoms with van der Waals surface area (Å²) in [4.78, 5) is 12.8. The molecule has 1 atom stereocenters. The van der Waals surface area contributed by atoms with Gasteiger partial charge in [-0.05, 0) is 57.1 Å². The first-order valence-corrected chi connectivity index (χ1v) is 6.40. The average molecular weight is 265 g/mol. The molecule has 106 valence electrons. The number of benzene rings is 1. The van der Waals surface area contributed by atoms with E-state index in [4.69, 9.17) is 9.84 Å². The Kier molecular flexibility index (Phi) is 5.36. The molecule has 4 nitrogen and oxygen atoms in total. The van der Waals surface area contributed by atoms with Crippen molar-refractivity contribution in [2.75, 3.05) is 21.2 Å². The Labute approximate surface area is 115 Å². The minimum Gasteiger partial charge on any atom is -0.496 e. The second kappa shape index (κ2) is 6.57. The number of carbonyl (C=O) groups is 1. The summed E-state index contributed by atoms with van der Waals surface area (Å²) in [5, 5.41) is 8.86. The van der Waals surface area contributed by atoms with E-state index in [1.165, 1.54) is 5.56 Å². The summed E-state index contributed by atoms with van der Waals surface area (Å²) >= 11 is 0. The van der Waals surface area contributed by atoms with Gasteiger partial charge in [0.2, 0.25) is 0 Å². The highest BCUT2D eigenvalue weighted by atomic mass is 16.5. The van der Waals surface area contributed by atoms with Crippen molar-refractivity contribution in [2.24, 2.45) is 0 Å². The van der Waals surface area contributed by atoms with Crippen molar-refractivity contribution in [3.63, 3.8) is 0 Å². The molecule has 1 rings (SSSR count). The first-order chi connectivity index (χ1) is 8.86. The van der Waals surface area contributed by atoms with E-state index in [1.807, 2.05) is 34.0 Å². The maximum Gasteiger partial charge on any atom is 0.303 e. The molecule has 0 amide bonds. The molecule has 0 aliphatic heterocycles. The topological polar surface area (TPSA) is 49.8 Å². The number of methoxy groups -OCH3 is 1. The number of rotatable bonds is 6. The second-order valence-corrected chi connectivity index (χ2v) is 5.09. The lowest BCUT2D eigenvalue weighted by atomic mass is 9.94. The number of hydrogen-bond acceptors (Lipinski definition) is 3. The fourth-order valence-electron chi connectivity index (χ4n) is 2.34. The van der Waals surface area contributed by atoms with Crippen molar-refractivity contribution in [3.05, 3.63) is 28.8 Å². The maximum absolute atomic E-state index is 10.8. The Hall–Kier alpha value is -1.55. The first-order valence-electron chi connectivity index (χ1n) is 6.40. The van der Waals surface area contributed by atoms with E-state index in [0.29, 0.717) is 6.42 Å². The number of carboxylic acid groups (broad SMARTS) is 1. The maximum atomic E-state index is 10.8. The van der Waals surface area contributed by atoms with Gasteiger partial charge in [0.25, 0.3) is 0 Å². The van der Waals surface area contributed by atoms with Crippen LogP contribution in [0.4, 0.5) is 0 Å². The second-order valence-electron chi connectivity index (χ2n) is 5.09. The molecule has 0 saturated heterocycles. The summed E-state index contributed by atoms with van der Waals surface area (Å²) in [6.45, 7) is 4.04. The minimum absolute atomic E-state index is 0.112. The number of ether oxygens (including phenoxy) is 1. The van der Waals surface area contributed by atoms with E-state index >= 15 is 0 Å². The predicted molar refractivity (Wildman–Crippen MR) is 75.8 cm³/mol. The van der Waals surface area contributed by atoms with Crippen molar-refractivity contribution in [1.82, 2.24) is 4.90 Å². The SMILES string of the molecule is COc1cc(C)c(C(CCC(=O)O)N(C)C)cc1C. The van der Waals surface area contributed by atoms with Crippen LogP contribution in [0.5, 0.6) is 5.75 Å². The summed E-state index contributed by atoms with van der Waals surface area (Å²) in [5.74, 6) is 0.117. The summed E-state index contributed by atoms with van der Waals surface area (Å²) in [6.07, 6.45) is 0.780. The van der Waals surface area contributed by atoms with Crippen LogP contribution in [-0.2, 0) is 4.79 Å².